The highest BCUT2D eigenvalue weighted by Gasteiger charge is 2.04. The molecule has 0 unspecified atom stereocenters. The Hall–Kier alpha value is -1.87. The Morgan fingerprint density at radius 1 is 0.947 bits per heavy atom. The standard InChI is InChI=1S/C16H18N2S/c1-10-4-6-14(11(2)8-10)18-15-7-5-13(16(17)19)9-12(15)3/h4-9,18H,1-3H3,(H2,17,19). The molecule has 0 aliphatic rings. The van der Waals surface area contributed by atoms with E-state index in [1.807, 2.05) is 25.1 Å². The highest BCUT2D eigenvalue weighted by atomic mass is 32.1. The van der Waals surface area contributed by atoms with Gasteiger partial charge in [-0.05, 0) is 56.2 Å². The molecule has 0 saturated heterocycles. The largest absolute Gasteiger partial charge is 0.389 e. The van der Waals surface area contributed by atoms with Crippen LogP contribution < -0.4 is 11.1 Å². The normalized spacial score (nSPS) is 10.3. The number of rotatable bonds is 3. The van der Waals surface area contributed by atoms with Crippen LogP contribution in [0, 0.1) is 20.8 Å². The molecule has 0 aromatic heterocycles. The van der Waals surface area contributed by atoms with Crippen LogP contribution in [-0.4, -0.2) is 4.99 Å². The second kappa shape index (κ2) is 5.41. The van der Waals surface area contributed by atoms with Crippen molar-refractivity contribution in [3.8, 4) is 0 Å². The van der Waals surface area contributed by atoms with Crippen molar-refractivity contribution in [1.29, 1.82) is 0 Å². The molecule has 2 aromatic rings. The third kappa shape index (κ3) is 3.12. The fourth-order valence-corrected chi connectivity index (χ4v) is 2.18. The van der Waals surface area contributed by atoms with E-state index in [0.29, 0.717) is 4.99 Å². The summed E-state index contributed by atoms with van der Waals surface area (Å²) in [7, 11) is 0. The van der Waals surface area contributed by atoms with Crippen LogP contribution in [0.25, 0.3) is 0 Å². The van der Waals surface area contributed by atoms with E-state index in [-0.39, 0.29) is 0 Å². The Morgan fingerprint density at radius 3 is 2.05 bits per heavy atom. The highest BCUT2D eigenvalue weighted by molar-refractivity contribution is 7.80. The van der Waals surface area contributed by atoms with Crippen molar-refractivity contribution in [2.45, 2.75) is 20.8 Å². The van der Waals surface area contributed by atoms with Gasteiger partial charge in [0.05, 0.1) is 0 Å². The lowest BCUT2D eigenvalue weighted by atomic mass is 10.1. The van der Waals surface area contributed by atoms with Crippen LogP contribution in [0.1, 0.15) is 22.3 Å². The van der Waals surface area contributed by atoms with E-state index in [2.05, 4.69) is 37.4 Å². The number of hydrogen-bond acceptors (Lipinski definition) is 2. The average molecular weight is 270 g/mol. The molecule has 19 heavy (non-hydrogen) atoms. The minimum atomic E-state index is 0.432. The number of hydrogen-bond donors (Lipinski definition) is 2. The van der Waals surface area contributed by atoms with Gasteiger partial charge in [0.25, 0.3) is 0 Å². The van der Waals surface area contributed by atoms with Gasteiger partial charge in [-0.3, -0.25) is 0 Å². The molecule has 0 aliphatic heterocycles. The van der Waals surface area contributed by atoms with Crippen LogP contribution in [0.15, 0.2) is 36.4 Å². The Labute approximate surface area is 119 Å². The van der Waals surface area contributed by atoms with Crippen LogP contribution in [0.4, 0.5) is 11.4 Å². The van der Waals surface area contributed by atoms with Crippen molar-refractivity contribution in [1.82, 2.24) is 0 Å². The zero-order valence-corrected chi connectivity index (χ0v) is 12.3. The predicted molar refractivity (Wildman–Crippen MR) is 86.3 cm³/mol. The molecule has 0 fully saturated rings. The lowest BCUT2D eigenvalue weighted by molar-refractivity contribution is 1.35. The minimum absolute atomic E-state index is 0.432. The molecule has 0 heterocycles. The molecule has 2 aromatic carbocycles. The van der Waals surface area contributed by atoms with Crippen LogP contribution in [-0.2, 0) is 0 Å². The first kappa shape index (κ1) is 13.6. The maximum Gasteiger partial charge on any atom is 0.103 e. The van der Waals surface area contributed by atoms with Gasteiger partial charge in [-0.15, -0.1) is 0 Å². The van der Waals surface area contributed by atoms with E-state index < -0.39 is 0 Å². The summed E-state index contributed by atoms with van der Waals surface area (Å²) in [6, 6.07) is 12.3. The number of nitrogens with one attached hydrogen (secondary N) is 1. The Morgan fingerprint density at radius 2 is 1.53 bits per heavy atom. The summed E-state index contributed by atoms with van der Waals surface area (Å²) in [5, 5.41) is 3.45. The van der Waals surface area contributed by atoms with Gasteiger partial charge in [0.15, 0.2) is 0 Å². The highest BCUT2D eigenvalue weighted by Crippen LogP contribution is 2.24. The fraction of sp³-hybridized carbons (Fsp3) is 0.188. The number of thiocarbonyl (C=S) groups is 1. The quantitative estimate of drug-likeness (QED) is 0.828. The molecule has 98 valence electrons. The molecule has 3 N–H and O–H groups in total. The molecular formula is C16H18N2S. The molecule has 0 amide bonds. The Balaban J connectivity index is 2.31. The molecule has 0 saturated carbocycles. The number of aryl methyl sites for hydroxylation is 3. The van der Waals surface area contributed by atoms with E-state index in [4.69, 9.17) is 18.0 Å². The van der Waals surface area contributed by atoms with Gasteiger partial charge in [0.2, 0.25) is 0 Å². The molecule has 0 radical (unpaired) electrons. The molecule has 0 atom stereocenters. The van der Waals surface area contributed by atoms with Gasteiger partial charge < -0.3 is 11.1 Å². The van der Waals surface area contributed by atoms with Gasteiger partial charge >= 0.3 is 0 Å². The summed E-state index contributed by atoms with van der Waals surface area (Å²) in [4.78, 5) is 0.432. The summed E-state index contributed by atoms with van der Waals surface area (Å²) in [5.41, 5.74) is 12.4. The van der Waals surface area contributed by atoms with Crippen LogP contribution in [0.2, 0.25) is 0 Å². The van der Waals surface area contributed by atoms with Crippen molar-refractivity contribution in [2.24, 2.45) is 5.73 Å². The molecule has 3 heteroatoms. The van der Waals surface area contributed by atoms with Gasteiger partial charge in [-0.25, -0.2) is 0 Å². The minimum Gasteiger partial charge on any atom is -0.389 e. The summed E-state index contributed by atoms with van der Waals surface area (Å²) < 4.78 is 0. The summed E-state index contributed by atoms with van der Waals surface area (Å²) in [5.74, 6) is 0. The molecule has 0 spiro atoms. The number of nitrogens with two attached hydrogens (primary N) is 1. The topological polar surface area (TPSA) is 38.0 Å². The lowest BCUT2D eigenvalue weighted by Crippen LogP contribution is -2.09. The van der Waals surface area contributed by atoms with Crippen molar-refractivity contribution in [3.63, 3.8) is 0 Å². The lowest BCUT2D eigenvalue weighted by Gasteiger charge is -2.13. The first-order valence-corrected chi connectivity index (χ1v) is 6.63. The molecular weight excluding hydrogens is 252 g/mol. The van der Waals surface area contributed by atoms with Crippen molar-refractivity contribution >= 4 is 28.6 Å². The van der Waals surface area contributed by atoms with E-state index in [0.717, 1.165) is 22.5 Å². The van der Waals surface area contributed by atoms with Gasteiger partial charge in [-0.1, -0.05) is 29.9 Å². The van der Waals surface area contributed by atoms with E-state index in [1.165, 1.54) is 11.1 Å². The van der Waals surface area contributed by atoms with Crippen LogP contribution >= 0.6 is 12.2 Å². The second-order valence-corrected chi connectivity index (χ2v) is 5.28. The van der Waals surface area contributed by atoms with Crippen molar-refractivity contribution in [3.05, 3.63) is 58.7 Å². The smallest absolute Gasteiger partial charge is 0.103 e. The van der Waals surface area contributed by atoms with Gasteiger partial charge in [0.1, 0.15) is 4.99 Å². The third-order valence-corrected chi connectivity index (χ3v) is 3.40. The molecule has 0 bridgehead atoms. The van der Waals surface area contributed by atoms with Crippen LogP contribution in [0.3, 0.4) is 0 Å². The first-order valence-electron chi connectivity index (χ1n) is 6.22. The van der Waals surface area contributed by atoms with Crippen molar-refractivity contribution in [2.75, 3.05) is 5.32 Å². The zero-order chi connectivity index (χ0) is 14.0. The third-order valence-electron chi connectivity index (χ3n) is 3.16. The van der Waals surface area contributed by atoms with Gasteiger partial charge in [0, 0.05) is 16.9 Å². The molecule has 2 rings (SSSR count). The maximum atomic E-state index is 5.64. The van der Waals surface area contributed by atoms with E-state index in [9.17, 15) is 0 Å². The molecule has 2 nitrogen and oxygen atoms in total. The first-order chi connectivity index (χ1) is 8.97. The summed E-state index contributed by atoms with van der Waals surface area (Å²) in [6.07, 6.45) is 0. The van der Waals surface area contributed by atoms with Gasteiger partial charge in [-0.2, -0.15) is 0 Å². The van der Waals surface area contributed by atoms with E-state index >= 15 is 0 Å². The SMILES string of the molecule is Cc1ccc(Nc2ccc(C(N)=S)cc2C)c(C)c1. The fourth-order valence-electron chi connectivity index (χ4n) is 2.06. The maximum absolute atomic E-state index is 5.64. The number of benzene rings is 2. The average Bonchev–Trinajstić information content (AvgIpc) is 2.34. The van der Waals surface area contributed by atoms with Crippen molar-refractivity contribution < 1.29 is 0 Å². The predicted octanol–water partition coefficient (Wildman–Crippen LogP) is 3.99. The second-order valence-electron chi connectivity index (χ2n) is 4.84. The number of anilines is 2. The summed E-state index contributed by atoms with van der Waals surface area (Å²) >= 11 is 4.99. The Kier molecular flexibility index (Phi) is 3.86. The zero-order valence-electron chi connectivity index (χ0n) is 11.4. The monoisotopic (exact) mass is 270 g/mol. The molecule has 0 aliphatic carbocycles. The van der Waals surface area contributed by atoms with Crippen LogP contribution in [0.5, 0.6) is 0 Å². The van der Waals surface area contributed by atoms with E-state index in [1.54, 1.807) is 0 Å². The summed E-state index contributed by atoms with van der Waals surface area (Å²) in [6.45, 7) is 6.25. The Bertz CT molecular complexity index is 633.